The van der Waals surface area contributed by atoms with E-state index in [2.05, 4.69) is 41.2 Å². The summed E-state index contributed by atoms with van der Waals surface area (Å²) >= 11 is 0. The summed E-state index contributed by atoms with van der Waals surface area (Å²) in [7, 11) is 0. The molecular weight excluding hydrogens is 276 g/mol. The van der Waals surface area contributed by atoms with Crippen molar-refractivity contribution < 1.29 is 0 Å². The molecule has 23 heavy (non-hydrogen) atoms. The van der Waals surface area contributed by atoms with Gasteiger partial charge in [0.2, 0.25) is 0 Å². The zero-order valence-corrected chi connectivity index (χ0v) is 17.4. The molecule has 0 saturated carbocycles. The van der Waals surface area contributed by atoms with Crippen LogP contribution < -0.4 is 0 Å². The van der Waals surface area contributed by atoms with E-state index < -0.39 is 0 Å². The van der Waals surface area contributed by atoms with Gasteiger partial charge in [-0.05, 0) is 25.7 Å². The molecule has 0 atom stereocenters. The van der Waals surface area contributed by atoms with Crippen LogP contribution in [0.3, 0.4) is 0 Å². The van der Waals surface area contributed by atoms with Crippen molar-refractivity contribution in [3.63, 3.8) is 0 Å². The second kappa shape index (κ2) is 21.7. The normalized spacial score (nSPS) is 10.5. The Morgan fingerprint density at radius 2 is 1.09 bits per heavy atom. The molecule has 0 aromatic carbocycles. The first-order chi connectivity index (χ1) is 11.1. The van der Waals surface area contributed by atoms with Crippen molar-refractivity contribution in [3.05, 3.63) is 12.2 Å². The molecule has 0 fully saturated rings. The molecule has 0 amide bonds. The van der Waals surface area contributed by atoms with Crippen LogP contribution in [-0.4, -0.2) is 0 Å². The third-order valence-electron chi connectivity index (χ3n) is 4.59. The Morgan fingerprint density at radius 1 is 0.609 bits per heavy atom. The molecule has 0 saturated heterocycles. The molecule has 140 valence electrons. The van der Waals surface area contributed by atoms with Crippen LogP contribution in [0.2, 0.25) is 0 Å². The summed E-state index contributed by atoms with van der Waals surface area (Å²) in [6, 6.07) is 0. The smallest absolute Gasteiger partial charge is 0.0326 e. The fourth-order valence-corrected chi connectivity index (χ4v) is 3.06. The summed E-state index contributed by atoms with van der Waals surface area (Å²) in [5, 5.41) is 0. The molecule has 0 spiro atoms. The summed E-state index contributed by atoms with van der Waals surface area (Å²) in [5.74, 6) is 1.04. The van der Waals surface area contributed by atoms with Crippen LogP contribution in [0, 0.1) is 5.92 Å². The first-order valence-electron chi connectivity index (χ1n) is 10.8. The molecule has 0 heterocycles. The fourth-order valence-electron chi connectivity index (χ4n) is 3.06. The molecule has 0 nitrogen and oxygen atoms in total. The summed E-state index contributed by atoms with van der Waals surface area (Å²) in [6.45, 7) is 15.1. The molecule has 0 aromatic rings. The van der Waals surface area contributed by atoms with Crippen LogP contribution in [0.4, 0.5) is 0 Å². The third-order valence-corrected chi connectivity index (χ3v) is 4.59. The Hall–Kier alpha value is -0.260. The zero-order chi connectivity index (χ0) is 17.8. The van der Waals surface area contributed by atoms with Crippen molar-refractivity contribution >= 4 is 0 Å². The van der Waals surface area contributed by atoms with Gasteiger partial charge in [0, 0.05) is 0 Å². The SMILES string of the molecule is C=C(C)CCCCCC.CCCCCC(CCC)CCCCC. The maximum atomic E-state index is 3.85. The lowest BCUT2D eigenvalue weighted by Gasteiger charge is -2.15. The van der Waals surface area contributed by atoms with Crippen LogP contribution in [0.15, 0.2) is 12.2 Å². The minimum absolute atomic E-state index is 1.04. The first kappa shape index (κ1) is 25.0. The van der Waals surface area contributed by atoms with Gasteiger partial charge in [-0.15, -0.1) is 6.58 Å². The van der Waals surface area contributed by atoms with Gasteiger partial charge in [0.05, 0.1) is 0 Å². The molecule has 0 bridgehead atoms. The van der Waals surface area contributed by atoms with Crippen molar-refractivity contribution in [1.82, 2.24) is 0 Å². The van der Waals surface area contributed by atoms with E-state index >= 15 is 0 Å². The number of hydrogen-bond donors (Lipinski definition) is 0. The predicted molar refractivity (Wildman–Crippen MR) is 110 cm³/mol. The Labute approximate surface area is 149 Å². The third kappa shape index (κ3) is 24.1. The maximum Gasteiger partial charge on any atom is -0.0326 e. The summed E-state index contributed by atoms with van der Waals surface area (Å²) in [6.07, 6.45) is 21.0. The highest BCUT2D eigenvalue weighted by Crippen LogP contribution is 2.21. The Balaban J connectivity index is 0. The van der Waals surface area contributed by atoms with Gasteiger partial charge in [-0.3, -0.25) is 0 Å². The molecule has 0 aliphatic carbocycles. The van der Waals surface area contributed by atoms with Crippen molar-refractivity contribution in [3.8, 4) is 0 Å². The van der Waals surface area contributed by atoms with E-state index in [4.69, 9.17) is 0 Å². The van der Waals surface area contributed by atoms with Gasteiger partial charge in [-0.25, -0.2) is 0 Å². The molecule has 0 unspecified atom stereocenters. The maximum absolute atomic E-state index is 3.85. The van der Waals surface area contributed by atoms with Crippen LogP contribution in [0.1, 0.15) is 131 Å². The number of hydrogen-bond acceptors (Lipinski definition) is 0. The van der Waals surface area contributed by atoms with Gasteiger partial charge in [-0.1, -0.05) is 117 Å². The van der Waals surface area contributed by atoms with Crippen LogP contribution in [-0.2, 0) is 0 Å². The van der Waals surface area contributed by atoms with Crippen molar-refractivity contribution in [2.45, 2.75) is 131 Å². The molecule has 0 rings (SSSR count). The number of allylic oxidation sites excluding steroid dienone is 1. The van der Waals surface area contributed by atoms with Gasteiger partial charge < -0.3 is 0 Å². The van der Waals surface area contributed by atoms with Gasteiger partial charge in [-0.2, -0.15) is 0 Å². The average Bonchev–Trinajstić information content (AvgIpc) is 2.52. The first-order valence-corrected chi connectivity index (χ1v) is 10.8. The van der Waals surface area contributed by atoms with E-state index in [1.807, 2.05) is 0 Å². The van der Waals surface area contributed by atoms with E-state index in [9.17, 15) is 0 Å². The van der Waals surface area contributed by atoms with Crippen LogP contribution in [0.5, 0.6) is 0 Å². The minimum Gasteiger partial charge on any atom is -0.100 e. The predicted octanol–water partition coefficient (Wildman–Crippen LogP) is 9.10. The molecule has 0 radical (unpaired) electrons. The lowest BCUT2D eigenvalue weighted by molar-refractivity contribution is 0.383. The molecule has 0 aromatic heterocycles. The van der Waals surface area contributed by atoms with Gasteiger partial charge in [0.1, 0.15) is 0 Å². The van der Waals surface area contributed by atoms with Crippen molar-refractivity contribution in [2.24, 2.45) is 5.92 Å². The summed E-state index contributed by atoms with van der Waals surface area (Å²) in [4.78, 5) is 0. The van der Waals surface area contributed by atoms with Gasteiger partial charge >= 0.3 is 0 Å². The Bertz CT molecular complexity index is 206. The average molecular weight is 325 g/mol. The largest absolute Gasteiger partial charge is 0.100 e. The van der Waals surface area contributed by atoms with E-state index in [0.29, 0.717) is 0 Å². The number of rotatable bonds is 15. The highest BCUT2D eigenvalue weighted by Gasteiger charge is 2.06. The van der Waals surface area contributed by atoms with Crippen molar-refractivity contribution in [2.75, 3.05) is 0 Å². The lowest BCUT2D eigenvalue weighted by Crippen LogP contribution is -2.00. The van der Waals surface area contributed by atoms with Crippen LogP contribution in [0.25, 0.3) is 0 Å². The fraction of sp³-hybridized carbons (Fsp3) is 0.913. The van der Waals surface area contributed by atoms with E-state index in [1.165, 1.54) is 102 Å². The van der Waals surface area contributed by atoms with Gasteiger partial charge in [0.15, 0.2) is 0 Å². The molecule has 0 heteroatoms. The van der Waals surface area contributed by atoms with E-state index in [1.54, 1.807) is 0 Å². The van der Waals surface area contributed by atoms with Gasteiger partial charge in [0.25, 0.3) is 0 Å². The summed E-state index contributed by atoms with van der Waals surface area (Å²) < 4.78 is 0. The Kier molecular flexibility index (Phi) is 23.6. The van der Waals surface area contributed by atoms with E-state index in [-0.39, 0.29) is 0 Å². The second-order valence-corrected chi connectivity index (χ2v) is 7.41. The minimum atomic E-state index is 1.04. The quantitative estimate of drug-likeness (QED) is 0.208. The Morgan fingerprint density at radius 3 is 1.48 bits per heavy atom. The number of unbranched alkanes of at least 4 members (excludes halogenated alkanes) is 7. The summed E-state index contributed by atoms with van der Waals surface area (Å²) in [5.41, 5.74) is 1.33. The second-order valence-electron chi connectivity index (χ2n) is 7.41. The van der Waals surface area contributed by atoms with Crippen molar-refractivity contribution in [1.29, 1.82) is 0 Å². The zero-order valence-electron chi connectivity index (χ0n) is 17.4. The molecule has 0 aliphatic rings. The lowest BCUT2D eigenvalue weighted by atomic mass is 9.91. The topological polar surface area (TPSA) is 0 Å². The molecular formula is C23H48. The highest BCUT2D eigenvalue weighted by molar-refractivity contribution is 4.86. The van der Waals surface area contributed by atoms with Crippen LogP contribution >= 0.6 is 0 Å². The standard InChI is InChI=1S/C14H30.C9H18/c1-4-7-9-12-14(11-6-3)13-10-8-5-2;1-4-5-6-7-8-9(2)3/h14H,4-13H2,1-3H3;2,4-8H2,1,3H3. The monoisotopic (exact) mass is 324 g/mol. The molecule has 0 aliphatic heterocycles. The molecule has 0 N–H and O–H groups in total. The highest BCUT2D eigenvalue weighted by atomic mass is 14.1. The van der Waals surface area contributed by atoms with E-state index in [0.717, 1.165) is 5.92 Å².